The zero-order chi connectivity index (χ0) is 13.0. The van der Waals surface area contributed by atoms with E-state index < -0.39 is 0 Å². The van der Waals surface area contributed by atoms with Crippen molar-refractivity contribution < 1.29 is 4.74 Å². The molecule has 0 radical (unpaired) electrons. The summed E-state index contributed by atoms with van der Waals surface area (Å²) in [5.74, 6) is 0.639. The maximum atomic E-state index is 5.93. The molecule has 0 aliphatic carbocycles. The molecule has 0 bridgehead atoms. The van der Waals surface area contributed by atoms with Crippen molar-refractivity contribution in [3.63, 3.8) is 0 Å². The number of nitrogens with one attached hydrogen (secondary N) is 1. The van der Waals surface area contributed by atoms with Crippen LogP contribution in [0.25, 0.3) is 0 Å². The van der Waals surface area contributed by atoms with Gasteiger partial charge in [0.15, 0.2) is 0 Å². The molecule has 2 nitrogen and oxygen atoms in total. The fourth-order valence-electron chi connectivity index (χ4n) is 2.75. The Hall–Kier alpha value is -0.860. The Labute approximate surface area is 111 Å². The summed E-state index contributed by atoms with van der Waals surface area (Å²) in [6.07, 6.45) is 2.60. The van der Waals surface area contributed by atoms with Crippen LogP contribution in [0.2, 0.25) is 0 Å². The first kappa shape index (κ1) is 13.6. The third-order valence-corrected chi connectivity index (χ3v) is 3.94. The third-order valence-electron chi connectivity index (χ3n) is 3.94. The van der Waals surface area contributed by atoms with Gasteiger partial charge in [-0.1, -0.05) is 45.0 Å². The molecule has 1 N–H and O–H groups in total. The van der Waals surface area contributed by atoms with Gasteiger partial charge in [0, 0.05) is 6.61 Å². The second-order valence-electron chi connectivity index (χ2n) is 5.23. The van der Waals surface area contributed by atoms with Crippen LogP contribution < -0.4 is 5.32 Å². The van der Waals surface area contributed by atoms with Crippen molar-refractivity contribution in [2.45, 2.75) is 45.8 Å². The van der Waals surface area contributed by atoms with Crippen molar-refractivity contribution in [2.75, 3.05) is 13.2 Å². The van der Waals surface area contributed by atoms with Crippen LogP contribution >= 0.6 is 0 Å². The zero-order valence-electron chi connectivity index (χ0n) is 11.8. The fraction of sp³-hybridized carbons (Fsp3) is 0.625. The predicted molar refractivity (Wildman–Crippen MR) is 75.8 cm³/mol. The van der Waals surface area contributed by atoms with Crippen LogP contribution in [-0.2, 0) is 11.2 Å². The zero-order valence-corrected chi connectivity index (χ0v) is 11.8. The lowest BCUT2D eigenvalue weighted by Crippen LogP contribution is -2.34. The summed E-state index contributed by atoms with van der Waals surface area (Å²) in [5, 5.41) is 3.58. The van der Waals surface area contributed by atoms with Crippen LogP contribution in [0, 0.1) is 5.92 Å². The van der Waals surface area contributed by atoms with Crippen molar-refractivity contribution in [1.82, 2.24) is 5.32 Å². The molecule has 1 heterocycles. The monoisotopic (exact) mass is 247 g/mol. The topological polar surface area (TPSA) is 21.3 Å². The van der Waals surface area contributed by atoms with E-state index >= 15 is 0 Å². The van der Waals surface area contributed by atoms with Gasteiger partial charge in [0.2, 0.25) is 0 Å². The smallest absolute Gasteiger partial charge is 0.0795 e. The molecule has 1 aliphatic heterocycles. The highest BCUT2D eigenvalue weighted by molar-refractivity contribution is 5.26. The van der Waals surface area contributed by atoms with Gasteiger partial charge in [-0.3, -0.25) is 0 Å². The summed E-state index contributed by atoms with van der Waals surface area (Å²) < 4.78 is 5.93. The molecule has 2 rings (SSSR count). The second-order valence-corrected chi connectivity index (χ2v) is 5.23. The largest absolute Gasteiger partial charge is 0.376 e. The van der Waals surface area contributed by atoms with E-state index in [-0.39, 0.29) is 0 Å². The summed E-state index contributed by atoms with van der Waals surface area (Å²) in [6.45, 7) is 8.53. The van der Waals surface area contributed by atoms with E-state index in [0.29, 0.717) is 18.1 Å². The van der Waals surface area contributed by atoms with Crippen molar-refractivity contribution in [2.24, 2.45) is 5.92 Å². The minimum absolute atomic E-state index is 0.317. The van der Waals surface area contributed by atoms with E-state index in [9.17, 15) is 0 Å². The molecule has 1 aromatic carbocycles. The highest BCUT2D eigenvalue weighted by atomic mass is 16.5. The summed E-state index contributed by atoms with van der Waals surface area (Å²) in [6, 6.07) is 9.30. The molecule has 1 aliphatic rings. The molecule has 2 heteroatoms. The van der Waals surface area contributed by atoms with Gasteiger partial charge < -0.3 is 10.1 Å². The Morgan fingerprint density at radius 1 is 1.28 bits per heavy atom. The van der Waals surface area contributed by atoms with Crippen LogP contribution in [-0.4, -0.2) is 19.3 Å². The number of rotatable bonds is 5. The van der Waals surface area contributed by atoms with E-state index in [0.717, 1.165) is 19.6 Å². The molecule has 1 aromatic rings. The first-order valence-electron chi connectivity index (χ1n) is 7.20. The molecule has 100 valence electrons. The van der Waals surface area contributed by atoms with E-state index in [4.69, 9.17) is 4.74 Å². The van der Waals surface area contributed by atoms with Gasteiger partial charge in [0.1, 0.15) is 0 Å². The lowest BCUT2D eigenvalue weighted by atomic mass is 9.92. The molecule has 18 heavy (non-hydrogen) atoms. The first-order chi connectivity index (χ1) is 8.76. The van der Waals surface area contributed by atoms with E-state index in [2.05, 4.69) is 50.4 Å². The number of benzene rings is 1. The molecule has 1 saturated heterocycles. The lowest BCUT2D eigenvalue weighted by Gasteiger charge is -2.27. The molecule has 0 saturated carbocycles. The van der Waals surface area contributed by atoms with Crippen LogP contribution in [0.4, 0.5) is 0 Å². The van der Waals surface area contributed by atoms with E-state index in [1.807, 2.05) is 0 Å². The quantitative estimate of drug-likeness (QED) is 0.862. The molecule has 3 unspecified atom stereocenters. The first-order valence-corrected chi connectivity index (χ1v) is 7.20. The molecular weight excluding hydrogens is 222 g/mol. The Kier molecular flexibility index (Phi) is 4.79. The molecule has 0 amide bonds. The number of hydrogen-bond donors (Lipinski definition) is 1. The summed E-state index contributed by atoms with van der Waals surface area (Å²) in [7, 11) is 0. The normalized spacial score (nSPS) is 25.3. The minimum Gasteiger partial charge on any atom is -0.376 e. The molecule has 0 spiro atoms. The third kappa shape index (κ3) is 2.93. The Balaban J connectivity index is 2.17. The van der Waals surface area contributed by atoms with Crippen molar-refractivity contribution >= 4 is 0 Å². The maximum Gasteiger partial charge on any atom is 0.0795 e. The highest BCUT2D eigenvalue weighted by Gasteiger charge is 2.32. The number of hydrogen-bond acceptors (Lipinski definition) is 2. The van der Waals surface area contributed by atoms with E-state index in [1.54, 1.807) is 0 Å². The standard InChI is InChI=1S/C16H25NO/c1-4-13-6-8-14(9-7-13)15(17-5-2)16-12(3)10-11-18-16/h6-9,12,15-17H,4-5,10-11H2,1-3H3. The Bertz CT molecular complexity index is 360. The van der Waals surface area contributed by atoms with Crippen molar-refractivity contribution in [3.05, 3.63) is 35.4 Å². The highest BCUT2D eigenvalue weighted by Crippen LogP contribution is 2.31. The minimum atomic E-state index is 0.317. The van der Waals surface area contributed by atoms with Crippen LogP contribution in [0.5, 0.6) is 0 Å². The summed E-state index contributed by atoms with van der Waals surface area (Å²) in [5.41, 5.74) is 2.75. The summed E-state index contributed by atoms with van der Waals surface area (Å²) >= 11 is 0. The van der Waals surface area contributed by atoms with Gasteiger partial charge in [-0.05, 0) is 36.4 Å². The number of likely N-dealkylation sites (N-methyl/N-ethyl adjacent to an activating group) is 1. The van der Waals surface area contributed by atoms with Crippen molar-refractivity contribution in [1.29, 1.82) is 0 Å². The average Bonchev–Trinajstić information content (AvgIpc) is 2.82. The van der Waals surface area contributed by atoms with Gasteiger partial charge >= 0.3 is 0 Å². The Morgan fingerprint density at radius 3 is 2.50 bits per heavy atom. The molecular formula is C16H25NO. The lowest BCUT2D eigenvalue weighted by molar-refractivity contribution is 0.0612. The Morgan fingerprint density at radius 2 is 2.00 bits per heavy atom. The van der Waals surface area contributed by atoms with Gasteiger partial charge in [-0.15, -0.1) is 0 Å². The molecule has 1 fully saturated rings. The molecule has 3 atom stereocenters. The number of aryl methyl sites for hydroxylation is 1. The summed E-state index contributed by atoms with van der Waals surface area (Å²) in [4.78, 5) is 0. The molecule has 0 aromatic heterocycles. The van der Waals surface area contributed by atoms with Crippen LogP contribution in [0.3, 0.4) is 0 Å². The van der Waals surface area contributed by atoms with Gasteiger partial charge in [0.05, 0.1) is 12.1 Å². The maximum absolute atomic E-state index is 5.93. The average molecular weight is 247 g/mol. The SMILES string of the molecule is CCNC(c1ccc(CC)cc1)C1OCCC1C. The van der Waals surface area contributed by atoms with Gasteiger partial charge in [0.25, 0.3) is 0 Å². The number of ether oxygens (including phenoxy) is 1. The fourth-order valence-corrected chi connectivity index (χ4v) is 2.75. The van der Waals surface area contributed by atoms with Gasteiger partial charge in [-0.25, -0.2) is 0 Å². The van der Waals surface area contributed by atoms with Crippen LogP contribution in [0.15, 0.2) is 24.3 Å². The predicted octanol–water partition coefficient (Wildman–Crippen LogP) is 3.32. The van der Waals surface area contributed by atoms with Gasteiger partial charge in [-0.2, -0.15) is 0 Å². The van der Waals surface area contributed by atoms with E-state index in [1.165, 1.54) is 17.5 Å². The van der Waals surface area contributed by atoms with Crippen LogP contribution in [0.1, 0.15) is 44.4 Å². The second kappa shape index (κ2) is 6.35. The van der Waals surface area contributed by atoms with Crippen molar-refractivity contribution in [3.8, 4) is 0 Å².